The molecular formula is C15H19NO5. The van der Waals surface area contributed by atoms with Crippen LogP contribution in [0.25, 0.3) is 0 Å². The molecular weight excluding hydrogens is 274 g/mol. The summed E-state index contributed by atoms with van der Waals surface area (Å²) in [6, 6.07) is 0. The number of carbonyl (C=O) groups excluding carboxylic acids is 2. The van der Waals surface area contributed by atoms with Crippen LogP contribution in [0.15, 0.2) is 4.42 Å². The van der Waals surface area contributed by atoms with Crippen LogP contribution in [0.2, 0.25) is 0 Å². The van der Waals surface area contributed by atoms with Crippen LogP contribution in [0.3, 0.4) is 0 Å². The number of carboxylic acid groups (broad SMARTS) is 1. The third-order valence-corrected chi connectivity index (χ3v) is 3.82. The highest BCUT2D eigenvalue weighted by Gasteiger charge is 2.30. The molecule has 6 nitrogen and oxygen atoms in total. The smallest absolute Gasteiger partial charge is 0.308 e. The Morgan fingerprint density at radius 1 is 1.38 bits per heavy atom. The second kappa shape index (κ2) is 5.71. The fourth-order valence-corrected chi connectivity index (χ4v) is 2.60. The first-order chi connectivity index (χ1) is 9.82. The number of hydrogen-bond donors (Lipinski definition) is 1. The van der Waals surface area contributed by atoms with Crippen LogP contribution in [0.5, 0.6) is 0 Å². The van der Waals surface area contributed by atoms with Crippen molar-refractivity contribution in [1.82, 2.24) is 4.90 Å². The minimum Gasteiger partial charge on any atom is -0.481 e. The van der Waals surface area contributed by atoms with Gasteiger partial charge >= 0.3 is 5.97 Å². The van der Waals surface area contributed by atoms with Gasteiger partial charge in [0.1, 0.15) is 5.76 Å². The van der Waals surface area contributed by atoms with Gasteiger partial charge in [-0.2, -0.15) is 0 Å². The number of hydrogen-bond acceptors (Lipinski definition) is 4. The van der Waals surface area contributed by atoms with Crippen molar-refractivity contribution in [1.29, 1.82) is 0 Å². The van der Waals surface area contributed by atoms with Gasteiger partial charge < -0.3 is 14.4 Å². The topological polar surface area (TPSA) is 87.8 Å². The average Bonchev–Trinajstić information content (AvgIpc) is 2.76. The predicted molar refractivity (Wildman–Crippen MR) is 74.5 cm³/mol. The normalized spacial score (nSPS) is 15.5. The molecule has 114 valence electrons. The fraction of sp³-hybridized carbons (Fsp3) is 0.533. The minimum absolute atomic E-state index is 0.0121. The van der Waals surface area contributed by atoms with E-state index >= 15 is 0 Å². The van der Waals surface area contributed by atoms with Crippen LogP contribution in [0, 0.1) is 12.8 Å². The number of carbonyl (C=O) groups is 3. The first kappa shape index (κ1) is 15.3. The molecule has 1 aliphatic rings. The Labute approximate surface area is 122 Å². The summed E-state index contributed by atoms with van der Waals surface area (Å²) in [5.74, 6) is -1.27. The van der Waals surface area contributed by atoms with Gasteiger partial charge in [0.2, 0.25) is 0 Å². The number of rotatable bonds is 4. The van der Waals surface area contributed by atoms with Crippen molar-refractivity contribution in [2.24, 2.45) is 5.92 Å². The standard InChI is InChI=1S/C15H19NO5/c1-8(15(19)20)7-16(3)14(18)13-9(2)12-10(17)5-4-6-11(12)21-13/h8H,4-7H2,1-3H3,(H,19,20). The maximum absolute atomic E-state index is 12.4. The Kier molecular flexibility index (Phi) is 4.16. The summed E-state index contributed by atoms with van der Waals surface area (Å²) in [4.78, 5) is 36.5. The molecule has 1 N–H and O–H groups in total. The number of furan rings is 1. The van der Waals surface area contributed by atoms with Gasteiger partial charge in [0, 0.05) is 32.0 Å². The number of nitrogens with zero attached hydrogens (tertiary/aromatic N) is 1. The molecule has 0 radical (unpaired) electrons. The molecule has 0 spiro atoms. The van der Waals surface area contributed by atoms with E-state index in [1.807, 2.05) is 0 Å². The van der Waals surface area contributed by atoms with Gasteiger partial charge in [0.15, 0.2) is 11.5 Å². The quantitative estimate of drug-likeness (QED) is 0.916. The molecule has 2 rings (SSSR count). The van der Waals surface area contributed by atoms with E-state index in [1.165, 1.54) is 18.9 Å². The molecule has 1 aromatic rings. The maximum Gasteiger partial charge on any atom is 0.308 e. The number of aliphatic carboxylic acids is 1. The third kappa shape index (κ3) is 2.84. The molecule has 0 aliphatic heterocycles. The van der Waals surface area contributed by atoms with Gasteiger partial charge in [-0.05, 0) is 13.3 Å². The Bertz CT molecular complexity index is 601. The zero-order valence-corrected chi connectivity index (χ0v) is 12.4. The number of carboxylic acids is 1. The number of fused-ring (bicyclic) bond motifs is 1. The third-order valence-electron chi connectivity index (χ3n) is 3.82. The van der Waals surface area contributed by atoms with Crippen LogP contribution in [-0.2, 0) is 11.2 Å². The Balaban J connectivity index is 2.24. The maximum atomic E-state index is 12.4. The number of amides is 1. The number of Topliss-reactive ketones (excluding diaryl/α,β-unsaturated/α-hetero) is 1. The Hall–Kier alpha value is -2.11. The number of aryl methyl sites for hydroxylation is 1. The number of ketones is 1. The lowest BCUT2D eigenvalue weighted by atomic mass is 9.94. The predicted octanol–water partition coefficient (Wildman–Crippen LogP) is 1.90. The molecule has 0 aromatic carbocycles. The second-order valence-corrected chi connectivity index (χ2v) is 5.56. The summed E-state index contributed by atoms with van der Waals surface area (Å²) in [5, 5.41) is 8.90. The summed E-state index contributed by atoms with van der Waals surface area (Å²) < 4.78 is 5.57. The van der Waals surface area contributed by atoms with E-state index in [1.54, 1.807) is 6.92 Å². The van der Waals surface area contributed by atoms with Gasteiger partial charge in [0.25, 0.3) is 5.91 Å². The van der Waals surface area contributed by atoms with E-state index < -0.39 is 11.9 Å². The van der Waals surface area contributed by atoms with Gasteiger partial charge in [-0.25, -0.2) is 0 Å². The summed E-state index contributed by atoms with van der Waals surface area (Å²) in [5.41, 5.74) is 1.10. The highest BCUT2D eigenvalue weighted by atomic mass is 16.4. The van der Waals surface area contributed by atoms with Crippen molar-refractivity contribution >= 4 is 17.7 Å². The summed E-state index contributed by atoms with van der Waals surface area (Å²) >= 11 is 0. The van der Waals surface area contributed by atoms with Crippen molar-refractivity contribution in [3.05, 3.63) is 22.6 Å². The Morgan fingerprint density at radius 2 is 2.05 bits per heavy atom. The molecule has 1 heterocycles. The highest BCUT2D eigenvalue weighted by Crippen LogP contribution is 2.29. The average molecular weight is 293 g/mol. The fourth-order valence-electron chi connectivity index (χ4n) is 2.60. The van der Waals surface area contributed by atoms with Crippen LogP contribution >= 0.6 is 0 Å². The molecule has 0 bridgehead atoms. The molecule has 6 heteroatoms. The SMILES string of the molecule is Cc1c(C(=O)N(C)CC(C)C(=O)O)oc2c1C(=O)CCC2. The molecule has 0 saturated heterocycles. The lowest BCUT2D eigenvalue weighted by Gasteiger charge is -2.18. The Morgan fingerprint density at radius 3 is 2.62 bits per heavy atom. The van der Waals surface area contributed by atoms with Crippen LogP contribution in [0.4, 0.5) is 0 Å². The van der Waals surface area contributed by atoms with E-state index in [0.29, 0.717) is 29.7 Å². The molecule has 1 atom stereocenters. The van der Waals surface area contributed by atoms with E-state index in [0.717, 1.165) is 6.42 Å². The second-order valence-electron chi connectivity index (χ2n) is 5.56. The molecule has 1 aliphatic carbocycles. The largest absolute Gasteiger partial charge is 0.481 e. The molecule has 1 amide bonds. The monoisotopic (exact) mass is 293 g/mol. The molecule has 0 saturated carbocycles. The van der Waals surface area contributed by atoms with E-state index in [-0.39, 0.29) is 24.0 Å². The molecule has 0 fully saturated rings. The zero-order chi connectivity index (χ0) is 15.7. The van der Waals surface area contributed by atoms with Crippen molar-refractivity contribution in [3.8, 4) is 0 Å². The lowest BCUT2D eigenvalue weighted by molar-refractivity contribution is -0.141. The van der Waals surface area contributed by atoms with Gasteiger partial charge in [-0.3, -0.25) is 14.4 Å². The van der Waals surface area contributed by atoms with Gasteiger partial charge in [-0.1, -0.05) is 6.92 Å². The summed E-state index contributed by atoms with van der Waals surface area (Å²) in [6.07, 6.45) is 1.87. The first-order valence-corrected chi connectivity index (χ1v) is 6.96. The van der Waals surface area contributed by atoms with E-state index in [2.05, 4.69) is 0 Å². The zero-order valence-electron chi connectivity index (χ0n) is 12.4. The van der Waals surface area contributed by atoms with E-state index in [9.17, 15) is 14.4 Å². The van der Waals surface area contributed by atoms with E-state index in [4.69, 9.17) is 9.52 Å². The van der Waals surface area contributed by atoms with Gasteiger partial charge in [-0.15, -0.1) is 0 Å². The highest BCUT2D eigenvalue weighted by molar-refractivity contribution is 6.03. The molecule has 1 unspecified atom stereocenters. The summed E-state index contributed by atoms with van der Waals surface area (Å²) in [6.45, 7) is 3.33. The lowest BCUT2D eigenvalue weighted by Crippen LogP contribution is -2.33. The van der Waals surface area contributed by atoms with Crippen molar-refractivity contribution in [2.75, 3.05) is 13.6 Å². The first-order valence-electron chi connectivity index (χ1n) is 6.96. The van der Waals surface area contributed by atoms with Crippen molar-refractivity contribution < 1.29 is 23.9 Å². The van der Waals surface area contributed by atoms with Crippen molar-refractivity contribution in [3.63, 3.8) is 0 Å². The van der Waals surface area contributed by atoms with Crippen LogP contribution < -0.4 is 0 Å². The molecule has 1 aromatic heterocycles. The van der Waals surface area contributed by atoms with Gasteiger partial charge in [0.05, 0.1) is 11.5 Å². The summed E-state index contributed by atoms with van der Waals surface area (Å²) in [7, 11) is 1.53. The van der Waals surface area contributed by atoms with Crippen LogP contribution in [-0.4, -0.2) is 41.3 Å². The van der Waals surface area contributed by atoms with Crippen molar-refractivity contribution in [2.45, 2.75) is 33.1 Å². The minimum atomic E-state index is -0.958. The molecule has 21 heavy (non-hydrogen) atoms. The van der Waals surface area contributed by atoms with Crippen LogP contribution in [0.1, 0.15) is 52.0 Å².